The smallest absolute Gasteiger partial charge is 0.133 e. The Morgan fingerprint density at radius 1 is 1.30 bits per heavy atom. The van der Waals surface area contributed by atoms with Crippen molar-refractivity contribution >= 4 is 27.5 Å². The minimum atomic E-state index is -0.330. The number of hydrogen-bond donors (Lipinski definition) is 1. The number of rotatable bonds is 4. The first-order valence-corrected chi connectivity index (χ1v) is 7.20. The second-order valence-corrected chi connectivity index (χ2v) is 5.51. The Labute approximate surface area is 131 Å². The van der Waals surface area contributed by atoms with Crippen molar-refractivity contribution in [2.45, 2.75) is 6.04 Å². The van der Waals surface area contributed by atoms with E-state index in [-0.39, 0.29) is 11.9 Å². The van der Waals surface area contributed by atoms with Gasteiger partial charge < -0.3 is 10.1 Å². The Hall–Kier alpha value is -1.10. The number of hydrogen-bond acceptors (Lipinski definition) is 2. The van der Waals surface area contributed by atoms with E-state index in [1.54, 1.807) is 26.3 Å². The predicted molar refractivity (Wildman–Crippen MR) is 83.0 cm³/mol. The lowest BCUT2D eigenvalue weighted by Gasteiger charge is -2.20. The summed E-state index contributed by atoms with van der Waals surface area (Å²) in [5.74, 6) is 0.395. The summed E-state index contributed by atoms with van der Waals surface area (Å²) in [6, 6.07) is 9.96. The van der Waals surface area contributed by atoms with Gasteiger partial charge in [-0.3, -0.25) is 0 Å². The number of nitrogens with one attached hydrogen (secondary N) is 1. The first-order valence-electron chi connectivity index (χ1n) is 6.03. The molecule has 0 saturated carbocycles. The highest BCUT2D eigenvalue weighted by Gasteiger charge is 2.20. The average molecular weight is 359 g/mol. The summed E-state index contributed by atoms with van der Waals surface area (Å²) in [4.78, 5) is 0. The molecule has 5 heteroatoms. The zero-order valence-electron chi connectivity index (χ0n) is 11.1. The van der Waals surface area contributed by atoms with Crippen LogP contribution in [0.3, 0.4) is 0 Å². The minimum Gasteiger partial charge on any atom is -0.496 e. The summed E-state index contributed by atoms with van der Waals surface area (Å²) in [5.41, 5.74) is 1.33. The molecule has 2 nitrogen and oxygen atoms in total. The lowest BCUT2D eigenvalue weighted by atomic mass is 9.98. The van der Waals surface area contributed by atoms with Crippen LogP contribution in [0.2, 0.25) is 5.02 Å². The van der Waals surface area contributed by atoms with Gasteiger partial charge in [0, 0.05) is 10.6 Å². The van der Waals surface area contributed by atoms with Gasteiger partial charge in [-0.05, 0) is 52.8 Å². The molecular formula is C15H14BrClFNO. The zero-order valence-corrected chi connectivity index (χ0v) is 13.4. The molecule has 0 aliphatic rings. The van der Waals surface area contributed by atoms with Gasteiger partial charge in [-0.15, -0.1) is 0 Å². The molecule has 0 amide bonds. The summed E-state index contributed by atoms with van der Waals surface area (Å²) in [5, 5.41) is 3.49. The van der Waals surface area contributed by atoms with E-state index >= 15 is 0 Å². The van der Waals surface area contributed by atoms with E-state index in [1.807, 2.05) is 18.2 Å². The van der Waals surface area contributed by atoms with E-state index in [0.29, 0.717) is 10.6 Å². The van der Waals surface area contributed by atoms with Gasteiger partial charge in [0.25, 0.3) is 0 Å². The molecular weight excluding hydrogens is 345 g/mol. The highest BCUT2D eigenvalue weighted by molar-refractivity contribution is 9.10. The highest BCUT2D eigenvalue weighted by Crippen LogP contribution is 2.34. The van der Waals surface area contributed by atoms with Crippen LogP contribution in [0.4, 0.5) is 4.39 Å². The van der Waals surface area contributed by atoms with E-state index in [2.05, 4.69) is 21.2 Å². The van der Waals surface area contributed by atoms with Gasteiger partial charge in [-0.1, -0.05) is 23.7 Å². The number of halogens is 3. The number of benzene rings is 2. The van der Waals surface area contributed by atoms with Gasteiger partial charge in [-0.25, -0.2) is 4.39 Å². The van der Waals surface area contributed by atoms with Gasteiger partial charge in [0.2, 0.25) is 0 Å². The molecule has 106 valence electrons. The standard InChI is InChI=1S/C15H14BrClFNO/c1-19-15(14-11(17)4-3-5-12(14)18)9-6-7-13(20-2)10(16)8-9/h3-8,15,19H,1-2H3. The molecule has 2 aromatic rings. The van der Waals surface area contributed by atoms with Crippen molar-refractivity contribution < 1.29 is 9.13 Å². The maximum atomic E-state index is 14.1. The van der Waals surface area contributed by atoms with Gasteiger partial charge in [0.1, 0.15) is 11.6 Å². The third kappa shape index (κ3) is 2.97. The summed E-state index contributed by atoms with van der Waals surface area (Å²) in [6.45, 7) is 0. The molecule has 1 N–H and O–H groups in total. The molecule has 2 rings (SSSR count). The third-order valence-corrected chi connectivity index (χ3v) is 4.04. The van der Waals surface area contributed by atoms with Crippen molar-refractivity contribution in [1.82, 2.24) is 5.32 Å². The molecule has 0 heterocycles. The van der Waals surface area contributed by atoms with Crippen LogP contribution < -0.4 is 10.1 Å². The fraction of sp³-hybridized carbons (Fsp3) is 0.200. The van der Waals surface area contributed by atoms with Gasteiger partial charge in [0.05, 0.1) is 17.6 Å². The number of methoxy groups -OCH3 is 1. The van der Waals surface area contributed by atoms with Crippen molar-refractivity contribution in [2.24, 2.45) is 0 Å². The van der Waals surface area contributed by atoms with Crippen molar-refractivity contribution in [2.75, 3.05) is 14.2 Å². The van der Waals surface area contributed by atoms with Gasteiger partial charge in [-0.2, -0.15) is 0 Å². The molecule has 1 unspecified atom stereocenters. The van der Waals surface area contributed by atoms with E-state index < -0.39 is 0 Å². The van der Waals surface area contributed by atoms with Crippen molar-refractivity contribution in [1.29, 1.82) is 0 Å². The molecule has 0 aliphatic carbocycles. The lowest BCUT2D eigenvalue weighted by Crippen LogP contribution is -2.19. The van der Waals surface area contributed by atoms with Gasteiger partial charge >= 0.3 is 0 Å². The van der Waals surface area contributed by atoms with Crippen molar-refractivity contribution in [3.05, 3.63) is 62.8 Å². The van der Waals surface area contributed by atoms with Crippen LogP contribution in [0.1, 0.15) is 17.2 Å². The molecule has 0 saturated heterocycles. The maximum absolute atomic E-state index is 14.1. The average Bonchev–Trinajstić information content (AvgIpc) is 2.43. The zero-order chi connectivity index (χ0) is 14.7. The molecule has 0 radical (unpaired) electrons. The summed E-state index contributed by atoms with van der Waals surface area (Å²) >= 11 is 9.57. The van der Waals surface area contributed by atoms with Gasteiger partial charge in [0.15, 0.2) is 0 Å². The summed E-state index contributed by atoms with van der Waals surface area (Å²) in [7, 11) is 3.37. The van der Waals surface area contributed by atoms with E-state index in [4.69, 9.17) is 16.3 Å². The Bertz CT molecular complexity index is 601. The summed E-state index contributed by atoms with van der Waals surface area (Å²) in [6.07, 6.45) is 0. The molecule has 2 aromatic carbocycles. The predicted octanol–water partition coefficient (Wildman–Crippen LogP) is 4.56. The molecule has 0 fully saturated rings. The maximum Gasteiger partial charge on any atom is 0.133 e. The van der Waals surface area contributed by atoms with Crippen LogP contribution in [0, 0.1) is 5.82 Å². The Kier molecular flexibility index (Phi) is 5.02. The molecule has 0 bridgehead atoms. The Morgan fingerprint density at radius 2 is 2.05 bits per heavy atom. The lowest BCUT2D eigenvalue weighted by molar-refractivity contribution is 0.412. The topological polar surface area (TPSA) is 21.3 Å². The molecule has 0 aliphatic heterocycles. The number of ether oxygens (including phenoxy) is 1. The largest absolute Gasteiger partial charge is 0.496 e. The molecule has 20 heavy (non-hydrogen) atoms. The Morgan fingerprint density at radius 3 is 2.60 bits per heavy atom. The normalized spacial score (nSPS) is 12.2. The Balaban J connectivity index is 2.50. The molecule has 0 spiro atoms. The van der Waals surface area contributed by atoms with Crippen LogP contribution >= 0.6 is 27.5 Å². The van der Waals surface area contributed by atoms with Crippen molar-refractivity contribution in [3.8, 4) is 5.75 Å². The van der Waals surface area contributed by atoms with Crippen LogP contribution in [0.25, 0.3) is 0 Å². The fourth-order valence-corrected chi connectivity index (χ4v) is 2.96. The highest BCUT2D eigenvalue weighted by atomic mass is 79.9. The van der Waals surface area contributed by atoms with E-state index in [0.717, 1.165) is 15.8 Å². The van der Waals surface area contributed by atoms with Crippen LogP contribution in [0.5, 0.6) is 5.75 Å². The first-order chi connectivity index (χ1) is 9.58. The fourth-order valence-electron chi connectivity index (χ4n) is 2.13. The van der Waals surface area contributed by atoms with Crippen LogP contribution in [-0.4, -0.2) is 14.2 Å². The minimum absolute atomic E-state index is 0.328. The second-order valence-electron chi connectivity index (χ2n) is 4.25. The monoisotopic (exact) mass is 357 g/mol. The quantitative estimate of drug-likeness (QED) is 0.865. The molecule has 0 aromatic heterocycles. The van der Waals surface area contributed by atoms with Crippen LogP contribution in [0.15, 0.2) is 40.9 Å². The SMILES string of the molecule is CNC(c1ccc(OC)c(Br)c1)c1c(F)cccc1Cl. The van der Waals surface area contributed by atoms with Crippen LogP contribution in [-0.2, 0) is 0 Å². The molecule has 1 atom stereocenters. The summed E-state index contributed by atoms with van der Waals surface area (Å²) < 4.78 is 20.1. The first kappa shape index (κ1) is 15.3. The van der Waals surface area contributed by atoms with Crippen molar-refractivity contribution in [3.63, 3.8) is 0 Å². The second kappa shape index (κ2) is 6.57. The van der Waals surface area contributed by atoms with E-state index in [1.165, 1.54) is 6.07 Å². The third-order valence-electron chi connectivity index (χ3n) is 3.09. The van der Waals surface area contributed by atoms with E-state index in [9.17, 15) is 4.39 Å².